The van der Waals surface area contributed by atoms with Gasteiger partial charge in [0.2, 0.25) is 29.5 Å². The molecule has 15 heteroatoms. The van der Waals surface area contributed by atoms with Crippen molar-refractivity contribution in [1.29, 1.82) is 0 Å². The molecule has 15 nitrogen and oxygen atoms in total. The minimum absolute atomic E-state index is 0.00347. The van der Waals surface area contributed by atoms with Crippen molar-refractivity contribution in [2.24, 2.45) is 5.92 Å². The molecule has 4 saturated heterocycles. The lowest BCUT2D eigenvalue weighted by Gasteiger charge is -2.36. The number of ether oxygens (including phenoxy) is 2. The zero-order chi connectivity index (χ0) is 52.7. The van der Waals surface area contributed by atoms with Crippen LogP contribution in [0.2, 0.25) is 0 Å². The summed E-state index contributed by atoms with van der Waals surface area (Å²) < 4.78 is 12.4. The lowest BCUT2D eigenvalue weighted by molar-refractivity contribution is -0.146. The first kappa shape index (κ1) is 58.6. The van der Waals surface area contributed by atoms with Gasteiger partial charge in [0.05, 0.1) is 37.4 Å². The van der Waals surface area contributed by atoms with Crippen molar-refractivity contribution >= 4 is 35.3 Å². The molecule has 0 bridgehead atoms. The zero-order valence-electron chi connectivity index (χ0n) is 45.3. The van der Waals surface area contributed by atoms with Crippen LogP contribution in [0.1, 0.15) is 185 Å². The summed E-state index contributed by atoms with van der Waals surface area (Å²) in [7, 11) is 3.48. The quantitative estimate of drug-likeness (QED) is 0.0484. The van der Waals surface area contributed by atoms with Crippen LogP contribution >= 0.6 is 0 Å². The van der Waals surface area contributed by atoms with Crippen LogP contribution in [0.4, 0.5) is 0 Å². The van der Waals surface area contributed by atoms with Crippen molar-refractivity contribution < 1.29 is 38.2 Å². The molecule has 5 amide bonds. The zero-order valence-corrected chi connectivity index (χ0v) is 45.3. The second-order valence-electron chi connectivity index (χ2n) is 21.6. The molecular weight excluding hydrogens is 935 g/mol. The molecule has 0 unspecified atom stereocenters. The lowest BCUT2D eigenvalue weighted by atomic mass is 9.89. The number of carbonyl (C=O) groups is 6. The van der Waals surface area contributed by atoms with E-state index >= 15 is 0 Å². The van der Waals surface area contributed by atoms with E-state index in [0.29, 0.717) is 52.1 Å². The van der Waals surface area contributed by atoms with Crippen LogP contribution in [0.25, 0.3) is 0 Å². The number of ketones is 1. The molecule has 4 aliphatic heterocycles. The molecule has 0 aromatic heterocycles. The van der Waals surface area contributed by atoms with Crippen molar-refractivity contribution in [3.05, 3.63) is 71.8 Å². The van der Waals surface area contributed by atoms with E-state index in [1.54, 1.807) is 25.9 Å². The van der Waals surface area contributed by atoms with Gasteiger partial charge in [-0.2, -0.15) is 0 Å². The van der Waals surface area contributed by atoms with Crippen molar-refractivity contribution in [2.75, 3.05) is 40.5 Å². The summed E-state index contributed by atoms with van der Waals surface area (Å²) in [5.74, 6) is -1.08. The van der Waals surface area contributed by atoms with Gasteiger partial charge in [-0.3, -0.25) is 28.8 Å². The summed E-state index contributed by atoms with van der Waals surface area (Å²) in [6.45, 7) is 5.55. The Balaban J connectivity index is 0.842. The van der Waals surface area contributed by atoms with Crippen LogP contribution in [0.5, 0.6) is 0 Å². The maximum absolute atomic E-state index is 14.0. The summed E-state index contributed by atoms with van der Waals surface area (Å²) in [6.07, 6.45) is 21.0. The fourth-order valence-electron chi connectivity index (χ4n) is 11.6. The van der Waals surface area contributed by atoms with E-state index in [2.05, 4.69) is 26.6 Å². The third-order valence-corrected chi connectivity index (χ3v) is 16.3. The summed E-state index contributed by atoms with van der Waals surface area (Å²) >= 11 is 0. The van der Waals surface area contributed by atoms with Crippen LogP contribution in [-0.4, -0.2) is 128 Å². The number of fused-ring (bicyclic) bond motifs is 2. The fourth-order valence-corrected chi connectivity index (χ4v) is 11.6. The van der Waals surface area contributed by atoms with E-state index in [9.17, 15) is 28.8 Å². The minimum atomic E-state index is -0.638. The smallest absolute Gasteiger partial charge is 0.246 e. The van der Waals surface area contributed by atoms with Crippen LogP contribution in [0.15, 0.2) is 60.7 Å². The average molecular weight is 1030 g/mol. The number of hydrogen-bond acceptors (Lipinski definition) is 10. The molecule has 0 spiro atoms. The van der Waals surface area contributed by atoms with Crippen LogP contribution < -0.4 is 26.6 Å². The largest absolute Gasteiger partial charge is 0.379 e. The van der Waals surface area contributed by atoms with E-state index in [1.807, 2.05) is 72.5 Å². The number of carbonyl (C=O) groups excluding carboxylic acids is 6. The fraction of sp³-hybridized carbons (Fsp3) is 0.695. The highest BCUT2D eigenvalue weighted by molar-refractivity contribution is 5.94. The van der Waals surface area contributed by atoms with Gasteiger partial charge in [-0.1, -0.05) is 138 Å². The highest BCUT2D eigenvalue weighted by atomic mass is 16.5. The molecule has 74 heavy (non-hydrogen) atoms. The third-order valence-electron chi connectivity index (χ3n) is 16.3. The topological polar surface area (TPSA) is 188 Å². The van der Waals surface area contributed by atoms with E-state index in [4.69, 9.17) is 9.47 Å². The molecule has 4 aliphatic rings. The first-order chi connectivity index (χ1) is 36.0. The molecule has 4 fully saturated rings. The van der Waals surface area contributed by atoms with Gasteiger partial charge >= 0.3 is 0 Å². The van der Waals surface area contributed by atoms with E-state index in [-0.39, 0.29) is 77.9 Å². The Morgan fingerprint density at radius 2 is 0.973 bits per heavy atom. The Labute approximate surface area is 442 Å². The maximum atomic E-state index is 14.0. The Morgan fingerprint density at radius 1 is 0.541 bits per heavy atom. The number of hydrogen-bond donors (Lipinski definition) is 5. The van der Waals surface area contributed by atoms with Crippen molar-refractivity contribution in [1.82, 2.24) is 36.4 Å². The van der Waals surface area contributed by atoms with Crippen molar-refractivity contribution in [2.45, 2.75) is 216 Å². The summed E-state index contributed by atoms with van der Waals surface area (Å²) in [5, 5.41) is 15.4. The predicted molar refractivity (Wildman–Crippen MR) is 289 cm³/mol. The minimum Gasteiger partial charge on any atom is -0.379 e. The van der Waals surface area contributed by atoms with Crippen molar-refractivity contribution in [3.63, 3.8) is 0 Å². The maximum Gasteiger partial charge on any atom is 0.246 e. The van der Waals surface area contributed by atoms with Gasteiger partial charge in [-0.05, 0) is 103 Å². The molecule has 6 rings (SSSR count). The molecule has 0 aliphatic carbocycles. The molecule has 10 atom stereocenters. The van der Waals surface area contributed by atoms with Gasteiger partial charge in [0.15, 0.2) is 0 Å². The number of rotatable bonds is 30. The normalized spacial score (nSPS) is 23.8. The Kier molecular flexibility index (Phi) is 24.8. The van der Waals surface area contributed by atoms with Crippen LogP contribution in [0, 0.1) is 5.92 Å². The third kappa shape index (κ3) is 17.4. The summed E-state index contributed by atoms with van der Waals surface area (Å²) in [4.78, 5) is 85.3. The molecule has 2 aromatic rings. The number of benzene rings is 2. The van der Waals surface area contributed by atoms with E-state index < -0.39 is 24.2 Å². The Hall–Kier alpha value is -4.70. The first-order valence-corrected chi connectivity index (χ1v) is 28.7. The molecule has 410 valence electrons. The molecule has 2 aromatic carbocycles. The standard InChI is InChI=1S/C59H91N7O8/c1-42(60-3)54(67)39-46-29-19-20-30-47-33-35-52(65(47)58(46)71)56(69)63-50(44-25-15-13-16-26-44)40-73-37-23-11-9-7-5-6-8-10-12-24-38-74-41-51(45-27-17-14-18-28-45)64-57(70)53-36-34-48-31-21-22-32-49(59(72)66(48)53)62-55(68)43(2)61-4/h13-18,25-28,42-43,46-53,60-61H,5-12,19-24,29-41H2,1-4H3,(H,62,68)(H,63,69)(H,64,70)/t42-,43-,46+,47-,48-,49-,50+,51+,52-,53-/m0/s1. The van der Waals surface area contributed by atoms with Crippen LogP contribution in [-0.2, 0) is 38.2 Å². The van der Waals surface area contributed by atoms with Gasteiger partial charge in [0.25, 0.3) is 0 Å². The molecule has 0 saturated carbocycles. The molecular formula is C59H91N7O8. The number of amides is 5. The number of likely N-dealkylation sites (N-methyl/N-ethyl adjacent to an activating group) is 2. The highest BCUT2D eigenvalue weighted by Gasteiger charge is 2.46. The van der Waals surface area contributed by atoms with E-state index in [0.717, 1.165) is 101 Å². The predicted octanol–water partition coefficient (Wildman–Crippen LogP) is 7.78. The van der Waals surface area contributed by atoms with E-state index in [1.165, 1.54) is 25.7 Å². The Morgan fingerprint density at radius 3 is 1.45 bits per heavy atom. The van der Waals surface area contributed by atoms with Gasteiger partial charge in [0.1, 0.15) is 23.9 Å². The first-order valence-electron chi connectivity index (χ1n) is 28.7. The summed E-state index contributed by atoms with van der Waals surface area (Å²) in [6, 6.07) is 16.7. The SMILES string of the molecule is CN[C@@H](C)C(=O)C[C@H]1CCCC[C@H]2CC[C@@H](C(=O)N[C@H](COCCCCCCCCCCCCOC[C@@H](NC(=O)[C@@H]3CC[C@@H]4CCCC[C@H](NC(=O)[C@H](C)NC)C(=O)N43)c3ccccc3)c3ccccc3)N2C1=O. The second kappa shape index (κ2) is 31.4. The molecule has 0 radical (unpaired) electrons. The highest BCUT2D eigenvalue weighted by Crippen LogP contribution is 2.35. The van der Waals surface area contributed by atoms with Crippen LogP contribution in [0.3, 0.4) is 0 Å². The Bertz CT molecular complexity index is 1900. The number of unbranched alkanes of at least 4 members (excludes halogenated alkanes) is 9. The number of nitrogens with one attached hydrogen (secondary N) is 5. The second-order valence-corrected chi connectivity index (χ2v) is 21.6. The molecule has 4 heterocycles. The van der Waals surface area contributed by atoms with Gasteiger partial charge in [-0.15, -0.1) is 0 Å². The van der Waals surface area contributed by atoms with Gasteiger partial charge < -0.3 is 45.9 Å². The monoisotopic (exact) mass is 1030 g/mol. The average Bonchev–Trinajstić information content (AvgIpc) is 4.04. The molecule has 5 N–H and O–H groups in total. The number of nitrogens with zero attached hydrogens (tertiary/aromatic N) is 2. The van der Waals surface area contributed by atoms with Gasteiger partial charge in [-0.25, -0.2) is 0 Å². The lowest BCUT2D eigenvalue weighted by Crippen LogP contribution is -2.58. The number of Topliss-reactive ketones (excluding diaryl/α,β-unsaturated/α-hetero) is 1. The summed E-state index contributed by atoms with van der Waals surface area (Å²) in [5.41, 5.74) is 1.94. The van der Waals surface area contributed by atoms with Gasteiger partial charge in [0, 0.05) is 37.6 Å². The van der Waals surface area contributed by atoms with Crippen molar-refractivity contribution in [3.8, 4) is 0 Å².